The standard InChI is InChI=1S/C12H10BrN3OS/c13-9-3-1-2-8(6-9)11-5-4-10(17-11)7-15-16-12(14)18/h1-7H,(H3,14,16,18)/b15-7+. The highest BCUT2D eigenvalue weighted by Gasteiger charge is 2.03. The molecule has 6 heteroatoms. The summed E-state index contributed by atoms with van der Waals surface area (Å²) < 4.78 is 6.61. The van der Waals surface area contributed by atoms with Gasteiger partial charge in [0.1, 0.15) is 11.5 Å². The Morgan fingerprint density at radius 3 is 2.94 bits per heavy atom. The van der Waals surface area contributed by atoms with Gasteiger partial charge in [-0.25, -0.2) is 0 Å². The van der Waals surface area contributed by atoms with E-state index in [1.165, 1.54) is 6.21 Å². The fourth-order valence-electron chi connectivity index (χ4n) is 1.38. The van der Waals surface area contributed by atoms with Crippen LogP contribution in [-0.2, 0) is 0 Å². The molecular formula is C12H10BrN3OS. The van der Waals surface area contributed by atoms with Crippen LogP contribution in [0.2, 0.25) is 0 Å². The van der Waals surface area contributed by atoms with Gasteiger partial charge in [0.05, 0.1) is 6.21 Å². The highest BCUT2D eigenvalue weighted by atomic mass is 79.9. The van der Waals surface area contributed by atoms with Crippen molar-refractivity contribution in [2.75, 3.05) is 0 Å². The number of nitrogens with two attached hydrogens (primary N) is 1. The average Bonchev–Trinajstić information content (AvgIpc) is 2.77. The van der Waals surface area contributed by atoms with Gasteiger partial charge in [-0.1, -0.05) is 28.1 Å². The largest absolute Gasteiger partial charge is 0.455 e. The number of halogens is 1. The van der Waals surface area contributed by atoms with Crippen molar-refractivity contribution in [2.45, 2.75) is 0 Å². The second-order valence-corrected chi connectivity index (χ2v) is 4.80. The molecule has 0 atom stereocenters. The second kappa shape index (κ2) is 5.79. The molecular weight excluding hydrogens is 314 g/mol. The molecule has 0 fully saturated rings. The molecule has 2 rings (SSSR count). The third-order valence-corrected chi connectivity index (χ3v) is 2.69. The smallest absolute Gasteiger partial charge is 0.184 e. The van der Waals surface area contributed by atoms with Crippen LogP contribution in [0.15, 0.2) is 50.4 Å². The summed E-state index contributed by atoms with van der Waals surface area (Å²) >= 11 is 8.04. The van der Waals surface area contributed by atoms with Gasteiger partial charge < -0.3 is 10.2 Å². The van der Waals surface area contributed by atoms with E-state index in [1.807, 2.05) is 36.4 Å². The van der Waals surface area contributed by atoms with Crippen molar-refractivity contribution in [3.05, 3.63) is 46.6 Å². The third kappa shape index (κ3) is 3.41. The summed E-state index contributed by atoms with van der Waals surface area (Å²) in [5.74, 6) is 1.39. The van der Waals surface area contributed by atoms with E-state index in [4.69, 9.17) is 10.2 Å². The number of thiocarbonyl (C=S) groups is 1. The Labute approximate surface area is 118 Å². The van der Waals surface area contributed by atoms with E-state index >= 15 is 0 Å². The molecule has 0 saturated carbocycles. The molecule has 0 saturated heterocycles. The van der Waals surface area contributed by atoms with E-state index in [0.717, 1.165) is 15.8 Å². The molecule has 0 aliphatic heterocycles. The quantitative estimate of drug-likeness (QED) is 0.518. The Morgan fingerprint density at radius 1 is 1.39 bits per heavy atom. The van der Waals surface area contributed by atoms with E-state index in [1.54, 1.807) is 0 Å². The van der Waals surface area contributed by atoms with Crippen LogP contribution in [0.5, 0.6) is 0 Å². The highest BCUT2D eigenvalue weighted by molar-refractivity contribution is 9.10. The summed E-state index contributed by atoms with van der Waals surface area (Å²) in [6.07, 6.45) is 1.51. The van der Waals surface area contributed by atoms with Gasteiger partial charge in [0, 0.05) is 10.0 Å². The zero-order valence-corrected chi connectivity index (χ0v) is 11.7. The number of hydrogen-bond donors (Lipinski definition) is 2. The maximum atomic E-state index is 5.61. The Kier molecular flexibility index (Phi) is 4.11. The Balaban J connectivity index is 2.15. The van der Waals surface area contributed by atoms with E-state index in [-0.39, 0.29) is 5.11 Å². The van der Waals surface area contributed by atoms with Gasteiger partial charge in [0.2, 0.25) is 0 Å². The maximum Gasteiger partial charge on any atom is 0.184 e. The lowest BCUT2D eigenvalue weighted by molar-refractivity contribution is 0.574. The summed E-state index contributed by atoms with van der Waals surface area (Å²) in [5, 5.41) is 3.94. The Hall–Kier alpha value is -1.66. The minimum Gasteiger partial charge on any atom is -0.455 e. The van der Waals surface area contributed by atoms with Crippen LogP contribution in [0.1, 0.15) is 5.76 Å². The van der Waals surface area contributed by atoms with Crippen LogP contribution in [0, 0.1) is 0 Å². The molecule has 1 aromatic carbocycles. The van der Waals surface area contributed by atoms with Crippen LogP contribution < -0.4 is 11.2 Å². The maximum absolute atomic E-state index is 5.61. The van der Waals surface area contributed by atoms with Crippen molar-refractivity contribution in [3.63, 3.8) is 0 Å². The van der Waals surface area contributed by atoms with E-state index in [0.29, 0.717) is 5.76 Å². The molecule has 92 valence electrons. The molecule has 0 aliphatic carbocycles. The monoisotopic (exact) mass is 323 g/mol. The van der Waals surface area contributed by atoms with Gasteiger partial charge in [-0.2, -0.15) is 5.10 Å². The molecule has 0 bridgehead atoms. The average molecular weight is 324 g/mol. The molecule has 18 heavy (non-hydrogen) atoms. The van der Waals surface area contributed by atoms with E-state index < -0.39 is 0 Å². The van der Waals surface area contributed by atoms with Gasteiger partial charge in [0.15, 0.2) is 5.11 Å². The van der Waals surface area contributed by atoms with Crippen molar-refractivity contribution in [2.24, 2.45) is 10.8 Å². The molecule has 0 amide bonds. The van der Waals surface area contributed by atoms with Gasteiger partial charge in [-0.3, -0.25) is 5.43 Å². The molecule has 0 radical (unpaired) electrons. The van der Waals surface area contributed by atoms with Crippen LogP contribution in [0.3, 0.4) is 0 Å². The third-order valence-electron chi connectivity index (χ3n) is 2.10. The Morgan fingerprint density at radius 2 is 2.22 bits per heavy atom. The van der Waals surface area contributed by atoms with E-state index in [9.17, 15) is 0 Å². The zero-order chi connectivity index (χ0) is 13.0. The van der Waals surface area contributed by atoms with Crippen LogP contribution in [-0.4, -0.2) is 11.3 Å². The molecule has 0 unspecified atom stereocenters. The van der Waals surface area contributed by atoms with Crippen LogP contribution in [0.25, 0.3) is 11.3 Å². The lowest BCUT2D eigenvalue weighted by Gasteiger charge is -1.97. The van der Waals surface area contributed by atoms with Crippen LogP contribution >= 0.6 is 28.1 Å². The lowest BCUT2D eigenvalue weighted by atomic mass is 10.2. The molecule has 1 aromatic heterocycles. The first-order valence-electron chi connectivity index (χ1n) is 5.09. The fourth-order valence-corrected chi connectivity index (χ4v) is 1.83. The van der Waals surface area contributed by atoms with Crippen molar-refractivity contribution < 1.29 is 4.42 Å². The van der Waals surface area contributed by atoms with E-state index in [2.05, 4.69) is 38.7 Å². The van der Waals surface area contributed by atoms with Gasteiger partial charge >= 0.3 is 0 Å². The molecule has 0 aliphatic rings. The highest BCUT2D eigenvalue weighted by Crippen LogP contribution is 2.24. The van der Waals surface area contributed by atoms with Crippen molar-refractivity contribution in [1.29, 1.82) is 0 Å². The number of nitrogens with one attached hydrogen (secondary N) is 1. The summed E-state index contributed by atoms with van der Waals surface area (Å²) in [5.41, 5.74) is 8.70. The predicted octanol–water partition coefficient (Wildman–Crippen LogP) is 2.88. The lowest BCUT2D eigenvalue weighted by Crippen LogP contribution is -2.23. The summed E-state index contributed by atoms with van der Waals surface area (Å²) in [6.45, 7) is 0. The summed E-state index contributed by atoms with van der Waals surface area (Å²) in [6, 6.07) is 11.6. The fraction of sp³-hybridized carbons (Fsp3) is 0. The molecule has 2 aromatic rings. The number of rotatable bonds is 3. The Bertz CT molecular complexity index is 595. The van der Waals surface area contributed by atoms with Gasteiger partial charge in [-0.05, 0) is 36.5 Å². The van der Waals surface area contributed by atoms with Crippen molar-refractivity contribution in [1.82, 2.24) is 5.43 Å². The first-order valence-corrected chi connectivity index (χ1v) is 6.29. The number of nitrogens with zero attached hydrogens (tertiary/aromatic N) is 1. The zero-order valence-electron chi connectivity index (χ0n) is 9.26. The van der Waals surface area contributed by atoms with Crippen molar-refractivity contribution >= 4 is 39.5 Å². The first kappa shape index (κ1) is 12.8. The molecule has 1 heterocycles. The first-order chi connectivity index (χ1) is 8.65. The van der Waals surface area contributed by atoms with Crippen LogP contribution in [0.4, 0.5) is 0 Å². The second-order valence-electron chi connectivity index (χ2n) is 3.45. The topological polar surface area (TPSA) is 63.5 Å². The molecule has 3 N–H and O–H groups in total. The van der Waals surface area contributed by atoms with Crippen molar-refractivity contribution in [3.8, 4) is 11.3 Å². The van der Waals surface area contributed by atoms with Gasteiger partial charge in [0.25, 0.3) is 0 Å². The minimum atomic E-state index is 0.116. The van der Waals surface area contributed by atoms with Gasteiger partial charge in [-0.15, -0.1) is 0 Å². The summed E-state index contributed by atoms with van der Waals surface area (Å²) in [4.78, 5) is 0. The number of furan rings is 1. The normalized spacial score (nSPS) is 10.7. The summed E-state index contributed by atoms with van der Waals surface area (Å²) in [7, 11) is 0. The predicted molar refractivity (Wildman–Crippen MR) is 79.4 cm³/mol. The molecule has 0 spiro atoms. The minimum absolute atomic E-state index is 0.116. The number of benzene rings is 1. The number of hydrazone groups is 1. The molecule has 4 nitrogen and oxygen atoms in total. The number of hydrogen-bond acceptors (Lipinski definition) is 3. The SMILES string of the molecule is NC(=S)N/N=C/c1ccc(-c2cccc(Br)c2)o1.